The number of fused-ring (bicyclic) bond motifs is 1. The van der Waals surface area contributed by atoms with Crippen LogP contribution in [0.25, 0.3) is 16.2 Å². The molecule has 1 N–H and O–H groups in total. The number of aliphatic hydroxyl groups excluding tert-OH is 1. The second-order valence-electron chi connectivity index (χ2n) is 4.60. The molecule has 98 valence electrons. The van der Waals surface area contributed by atoms with Gasteiger partial charge in [-0.3, -0.25) is 4.98 Å². The number of aromatic nitrogens is 4. The first-order valence-corrected chi connectivity index (χ1v) is 6.92. The second kappa shape index (κ2) is 4.71. The maximum atomic E-state index is 9.60. The van der Waals surface area contributed by atoms with Crippen molar-refractivity contribution in [3.05, 3.63) is 35.2 Å². The summed E-state index contributed by atoms with van der Waals surface area (Å²) in [5.41, 5.74) is 2.37. The Bertz CT molecular complexity index is 702. The zero-order valence-corrected chi connectivity index (χ0v) is 11.6. The average Bonchev–Trinajstić information content (AvgIpc) is 2.96. The van der Waals surface area contributed by atoms with Crippen LogP contribution in [0.2, 0.25) is 0 Å². The van der Waals surface area contributed by atoms with E-state index >= 15 is 0 Å². The van der Waals surface area contributed by atoms with E-state index < -0.39 is 0 Å². The Morgan fingerprint density at radius 3 is 2.89 bits per heavy atom. The molecule has 0 saturated heterocycles. The molecule has 0 saturated carbocycles. The lowest BCUT2D eigenvalue weighted by atomic mass is 10.2. The molecule has 0 bridgehead atoms. The van der Waals surface area contributed by atoms with Gasteiger partial charge >= 0.3 is 0 Å². The first kappa shape index (κ1) is 12.3. The third-order valence-corrected chi connectivity index (χ3v) is 4.10. The molecule has 0 atom stereocenters. The molecule has 0 amide bonds. The molecule has 0 radical (unpaired) electrons. The van der Waals surface area contributed by atoms with Crippen molar-refractivity contribution < 1.29 is 5.11 Å². The van der Waals surface area contributed by atoms with Gasteiger partial charge in [0.1, 0.15) is 5.01 Å². The van der Waals surface area contributed by atoms with Crippen LogP contribution < -0.4 is 0 Å². The van der Waals surface area contributed by atoms with E-state index in [9.17, 15) is 5.11 Å². The molecule has 3 aromatic rings. The number of pyridine rings is 1. The standard InChI is InChI=1S/C13H14N4OS/c1-8(2)12-16-17-10(7-18)11(15-13(17)19-12)9-4-3-5-14-6-9/h3-6,8,18H,7H2,1-2H3. The largest absolute Gasteiger partial charge is 0.390 e. The highest BCUT2D eigenvalue weighted by atomic mass is 32.1. The Hall–Kier alpha value is -1.79. The summed E-state index contributed by atoms with van der Waals surface area (Å²) in [6.45, 7) is 4.10. The van der Waals surface area contributed by atoms with E-state index in [0.29, 0.717) is 11.6 Å². The fraction of sp³-hybridized carbons (Fsp3) is 0.308. The van der Waals surface area contributed by atoms with Crippen LogP contribution in [0.1, 0.15) is 30.5 Å². The van der Waals surface area contributed by atoms with Crippen LogP contribution in [0, 0.1) is 0 Å². The van der Waals surface area contributed by atoms with Gasteiger partial charge in [-0.2, -0.15) is 5.10 Å². The molecule has 5 nitrogen and oxygen atoms in total. The molecule has 0 unspecified atom stereocenters. The van der Waals surface area contributed by atoms with Gasteiger partial charge in [0.25, 0.3) is 0 Å². The summed E-state index contributed by atoms with van der Waals surface area (Å²) in [5.74, 6) is 0.361. The van der Waals surface area contributed by atoms with E-state index in [1.807, 2.05) is 12.1 Å². The van der Waals surface area contributed by atoms with Crippen molar-refractivity contribution in [3.63, 3.8) is 0 Å². The lowest BCUT2D eigenvalue weighted by molar-refractivity contribution is 0.275. The zero-order valence-electron chi connectivity index (χ0n) is 10.7. The quantitative estimate of drug-likeness (QED) is 0.797. The number of aliphatic hydroxyl groups is 1. The molecule has 0 fully saturated rings. The van der Waals surface area contributed by atoms with Crippen LogP contribution in [0.15, 0.2) is 24.5 Å². The normalized spacial score (nSPS) is 11.6. The summed E-state index contributed by atoms with van der Waals surface area (Å²) in [6, 6.07) is 3.79. The summed E-state index contributed by atoms with van der Waals surface area (Å²) in [7, 11) is 0. The van der Waals surface area contributed by atoms with Crippen molar-refractivity contribution in [2.75, 3.05) is 0 Å². The zero-order chi connectivity index (χ0) is 13.4. The van der Waals surface area contributed by atoms with Crippen molar-refractivity contribution in [3.8, 4) is 11.3 Å². The molecular formula is C13H14N4OS. The molecule has 6 heteroatoms. The third-order valence-electron chi connectivity index (χ3n) is 2.89. The van der Waals surface area contributed by atoms with Gasteiger partial charge in [-0.05, 0) is 12.1 Å². The number of imidazole rings is 1. The molecular weight excluding hydrogens is 260 g/mol. The van der Waals surface area contributed by atoms with Crippen LogP contribution in [0.3, 0.4) is 0 Å². The Morgan fingerprint density at radius 1 is 1.42 bits per heavy atom. The van der Waals surface area contributed by atoms with Gasteiger partial charge in [-0.25, -0.2) is 9.50 Å². The first-order chi connectivity index (χ1) is 9.20. The molecule has 3 rings (SSSR count). The Labute approximate surface area is 114 Å². The summed E-state index contributed by atoms with van der Waals surface area (Å²) in [6.07, 6.45) is 3.46. The summed E-state index contributed by atoms with van der Waals surface area (Å²) >= 11 is 1.56. The van der Waals surface area contributed by atoms with Gasteiger partial charge in [-0.15, -0.1) is 0 Å². The molecule has 3 aromatic heterocycles. The molecule has 3 heterocycles. The predicted molar refractivity (Wildman–Crippen MR) is 74.1 cm³/mol. The number of hydrogen-bond donors (Lipinski definition) is 1. The van der Waals surface area contributed by atoms with Crippen molar-refractivity contribution in [2.24, 2.45) is 0 Å². The fourth-order valence-electron chi connectivity index (χ4n) is 1.91. The minimum atomic E-state index is -0.0906. The molecule has 0 aliphatic heterocycles. The molecule has 19 heavy (non-hydrogen) atoms. The predicted octanol–water partition coefficient (Wildman–Crippen LogP) is 2.47. The first-order valence-electron chi connectivity index (χ1n) is 6.10. The van der Waals surface area contributed by atoms with Crippen LogP contribution >= 0.6 is 11.3 Å². The van der Waals surface area contributed by atoms with Gasteiger partial charge in [0, 0.05) is 23.9 Å². The van der Waals surface area contributed by atoms with Crippen LogP contribution in [0.4, 0.5) is 0 Å². The Morgan fingerprint density at radius 2 is 2.26 bits per heavy atom. The van der Waals surface area contributed by atoms with Crippen LogP contribution in [0.5, 0.6) is 0 Å². The van der Waals surface area contributed by atoms with E-state index in [1.54, 1.807) is 28.2 Å². The molecule has 0 aliphatic carbocycles. The monoisotopic (exact) mass is 274 g/mol. The number of rotatable bonds is 3. The highest BCUT2D eigenvalue weighted by molar-refractivity contribution is 7.16. The second-order valence-corrected chi connectivity index (χ2v) is 5.58. The SMILES string of the molecule is CC(C)c1nn2c(CO)c(-c3cccnc3)nc2s1. The molecule has 0 aromatic carbocycles. The lowest BCUT2D eigenvalue weighted by Gasteiger charge is -2.00. The van der Waals surface area contributed by atoms with Crippen LogP contribution in [-0.2, 0) is 6.61 Å². The van der Waals surface area contributed by atoms with Gasteiger partial charge in [0.05, 0.1) is 18.0 Å². The van der Waals surface area contributed by atoms with Crippen LogP contribution in [-0.4, -0.2) is 24.7 Å². The highest BCUT2D eigenvalue weighted by Gasteiger charge is 2.18. The summed E-state index contributed by atoms with van der Waals surface area (Å²) in [5, 5.41) is 15.1. The topological polar surface area (TPSA) is 63.3 Å². The average molecular weight is 274 g/mol. The van der Waals surface area contributed by atoms with Gasteiger partial charge < -0.3 is 5.11 Å². The minimum Gasteiger partial charge on any atom is -0.390 e. The van der Waals surface area contributed by atoms with Gasteiger partial charge in [0.15, 0.2) is 0 Å². The summed E-state index contributed by atoms with van der Waals surface area (Å²) < 4.78 is 1.74. The Balaban J connectivity index is 2.19. The molecule has 0 spiro atoms. The van der Waals surface area contributed by atoms with Crippen molar-refractivity contribution in [1.29, 1.82) is 0 Å². The van der Waals surface area contributed by atoms with Gasteiger partial charge in [-0.1, -0.05) is 25.2 Å². The Kier molecular flexibility index (Phi) is 3.04. The maximum Gasteiger partial charge on any atom is 0.213 e. The number of nitrogens with zero attached hydrogens (tertiary/aromatic N) is 4. The third kappa shape index (κ3) is 2.02. The van der Waals surface area contributed by atoms with Crippen molar-refractivity contribution in [2.45, 2.75) is 26.4 Å². The van der Waals surface area contributed by atoms with Crippen molar-refractivity contribution in [1.82, 2.24) is 19.6 Å². The fourth-order valence-corrected chi connectivity index (χ4v) is 2.83. The number of hydrogen-bond acceptors (Lipinski definition) is 5. The smallest absolute Gasteiger partial charge is 0.213 e. The van der Waals surface area contributed by atoms with E-state index in [0.717, 1.165) is 21.2 Å². The van der Waals surface area contributed by atoms with E-state index in [-0.39, 0.29) is 6.61 Å². The van der Waals surface area contributed by atoms with E-state index in [4.69, 9.17) is 0 Å². The van der Waals surface area contributed by atoms with Crippen molar-refractivity contribution >= 4 is 16.3 Å². The maximum absolute atomic E-state index is 9.60. The van der Waals surface area contributed by atoms with E-state index in [2.05, 4.69) is 28.9 Å². The van der Waals surface area contributed by atoms with Gasteiger partial charge in [0.2, 0.25) is 4.96 Å². The minimum absolute atomic E-state index is 0.0906. The highest BCUT2D eigenvalue weighted by Crippen LogP contribution is 2.28. The lowest BCUT2D eigenvalue weighted by Crippen LogP contribution is -1.97. The molecule has 0 aliphatic rings. The summed E-state index contributed by atoms with van der Waals surface area (Å²) in [4.78, 5) is 9.48. The van der Waals surface area contributed by atoms with E-state index in [1.165, 1.54) is 0 Å².